The van der Waals surface area contributed by atoms with Gasteiger partial charge in [-0.1, -0.05) is 0 Å². The second kappa shape index (κ2) is 3.04. The lowest BCUT2D eigenvalue weighted by molar-refractivity contribution is 0.777. The lowest BCUT2D eigenvalue weighted by Crippen LogP contribution is -2.13. The van der Waals surface area contributed by atoms with Crippen LogP contribution in [-0.2, 0) is 0 Å². The zero-order chi connectivity index (χ0) is 8.39. The maximum Gasteiger partial charge on any atom is 0.129 e. The Balaban J connectivity index is 2.27. The van der Waals surface area contributed by atoms with E-state index in [1.165, 1.54) is 11.3 Å². The van der Waals surface area contributed by atoms with Gasteiger partial charge >= 0.3 is 0 Å². The van der Waals surface area contributed by atoms with E-state index < -0.39 is 0 Å². The molecule has 2 rings (SSSR count). The summed E-state index contributed by atoms with van der Waals surface area (Å²) in [7, 11) is 0. The maximum atomic E-state index is 5.86. The molecule has 5 heteroatoms. The summed E-state index contributed by atoms with van der Waals surface area (Å²) in [4.78, 5) is 11.1. The molecule has 2 heterocycles. The highest BCUT2D eigenvalue weighted by Crippen LogP contribution is 2.14. The Labute approximate surface area is 73.5 Å². The molecule has 0 spiro atoms. The normalized spacial score (nSPS) is 13.1. The SMILES string of the molecule is NC(c1cscn1)c1ncc[nH]1. The number of nitrogens with two attached hydrogens (primary N) is 1. The molecular weight excluding hydrogens is 172 g/mol. The number of aromatic nitrogens is 3. The van der Waals surface area contributed by atoms with Crippen molar-refractivity contribution in [2.24, 2.45) is 5.73 Å². The Morgan fingerprint density at radius 2 is 2.42 bits per heavy atom. The van der Waals surface area contributed by atoms with E-state index in [0.717, 1.165) is 11.5 Å². The molecule has 12 heavy (non-hydrogen) atoms. The largest absolute Gasteiger partial charge is 0.347 e. The first-order valence-corrected chi connectivity index (χ1v) is 4.45. The molecule has 2 aromatic heterocycles. The van der Waals surface area contributed by atoms with Crippen LogP contribution in [0.4, 0.5) is 0 Å². The molecule has 0 amide bonds. The standard InChI is InChI=1S/C7H8N4S/c8-6(5-3-12-4-11-5)7-9-1-2-10-7/h1-4,6H,8H2,(H,9,10). The van der Waals surface area contributed by atoms with Gasteiger partial charge in [-0.05, 0) is 0 Å². The molecule has 0 bridgehead atoms. The van der Waals surface area contributed by atoms with Gasteiger partial charge in [-0.25, -0.2) is 9.97 Å². The summed E-state index contributed by atoms with van der Waals surface area (Å²) in [6.07, 6.45) is 3.43. The van der Waals surface area contributed by atoms with Crippen molar-refractivity contribution in [3.63, 3.8) is 0 Å². The second-order valence-electron chi connectivity index (χ2n) is 2.37. The lowest BCUT2D eigenvalue weighted by Gasteiger charge is -2.03. The van der Waals surface area contributed by atoms with E-state index in [0.29, 0.717) is 0 Å². The van der Waals surface area contributed by atoms with E-state index >= 15 is 0 Å². The third-order valence-corrected chi connectivity index (χ3v) is 2.19. The van der Waals surface area contributed by atoms with Crippen LogP contribution in [0, 0.1) is 0 Å². The Kier molecular flexibility index (Phi) is 1.89. The van der Waals surface area contributed by atoms with Crippen LogP contribution >= 0.6 is 11.3 Å². The molecule has 0 aliphatic heterocycles. The van der Waals surface area contributed by atoms with Crippen LogP contribution in [0.5, 0.6) is 0 Å². The molecule has 4 nitrogen and oxygen atoms in total. The number of hydrogen-bond acceptors (Lipinski definition) is 4. The molecule has 0 aliphatic rings. The highest BCUT2D eigenvalue weighted by molar-refractivity contribution is 7.07. The van der Waals surface area contributed by atoms with Crippen LogP contribution in [-0.4, -0.2) is 15.0 Å². The highest BCUT2D eigenvalue weighted by Gasteiger charge is 2.11. The fraction of sp³-hybridized carbons (Fsp3) is 0.143. The van der Waals surface area contributed by atoms with Crippen molar-refractivity contribution < 1.29 is 0 Å². The van der Waals surface area contributed by atoms with E-state index in [4.69, 9.17) is 5.73 Å². The first-order valence-electron chi connectivity index (χ1n) is 3.51. The summed E-state index contributed by atoms with van der Waals surface area (Å²) in [6, 6.07) is -0.230. The van der Waals surface area contributed by atoms with Gasteiger partial charge in [0.05, 0.1) is 11.2 Å². The average molecular weight is 180 g/mol. The van der Waals surface area contributed by atoms with E-state index in [2.05, 4.69) is 15.0 Å². The summed E-state index contributed by atoms with van der Waals surface area (Å²) < 4.78 is 0. The highest BCUT2D eigenvalue weighted by atomic mass is 32.1. The molecule has 0 fully saturated rings. The third-order valence-electron chi connectivity index (χ3n) is 1.58. The first-order chi connectivity index (χ1) is 5.88. The van der Waals surface area contributed by atoms with Gasteiger partial charge in [-0.15, -0.1) is 11.3 Å². The summed E-state index contributed by atoms with van der Waals surface area (Å²) in [6.45, 7) is 0. The number of rotatable bonds is 2. The van der Waals surface area contributed by atoms with Crippen molar-refractivity contribution in [2.45, 2.75) is 6.04 Å². The monoisotopic (exact) mass is 180 g/mol. The zero-order valence-corrected chi connectivity index (χ0v) is 7.08. The van der Waals surface area contributed by atoms with Crippen LogP contribution in [0.2, 0.25) is 0 Å². The summed E-state index contributed by atoms with van der Waals surface area (Å²) in [5.74, 6) is 0.751. The van der Waals surface area contributed by atoms with E-state index in [1.54, 1.807) is 17.9 Å². The van der Waals surface area contributed by atoms with Gasteiger partial charge in [0.2, 0.25) is 0 Å². The summed E-state index contributed by atoms with van der Waals surface area (Å²) in [5.41, 5.74) is 8.47. The predicted octanol–water partition coefficient (Wildman–Crippen LogP) is 0.914. The molecule has 1 unspecified atom stereocenters. The molecule has 0 saturated heterocycles. The Morgan fingerprint density at radius 3 is 3.00 bits per heavy atom. The average Bonchev–Trinajstić information content (AvgIpc) is 2.77. The van der Waals surface area contributed by atoms with Crippen molar-refractivity contribution >= 4 is 11.3 Å². The van der Waals surface area contributed by atoms with Gasteiger partial charge in [0.1, 0.15) is 11.9 Å². The van der Waals surface area contributed by atoms with Crippen molar-refractivity contribution in [2.75, 3.05) is 0 Å². The van der Waals surface area contributed by atoms with Crippen molar-refractivity contribution in [3.8, 4) is 0 Å². The van der Waals surface area contributed by atoms with Gasteiger partial charge in [-0.3, -0.25) is 0 Å². The van der Waals surface area contributed by atoms with E-state index in [9.17, 15) is 0 Å². The smallest absolute Gasteiger partial charge is 0.129 e. The van der Waals surface area contributed by atoms with Gasteiger partial charge in [0, 0.05) is 17.8 Å². The Hall–Kier alpha value is -1.20. The third kappa shape index (κ3) is 1.24. The molecule has 0 aromatic carbocycles. The van der Waals surface area contributed by atoms with Crippen molar-refractivity contribution in [1.82, 2.24) is 15.0 Å². The number of nitrogens with zero attached hydrogens (tertiary/aromatic N) is 2. The molecule has 62 valence electrons. The minimum atomic E-state index is -0.230. The molecule has 0 saturated carbocycles. The maximum absolute atomic E-state index is 5.86. The molecule has 3 N–H and O–H groups in total. The van der Waals surface area contributed by atoms with Gasteiger partial charge in [-0.2, -0.15) is 0 Å². The quantitative estimate of drug-likeness (QED) is 0.722. The number of thiazole rings is 1. The molecule has 2 aromatic rings. The molecule has 1 atom stereocenters. The second-order valence-corrected chi connectivity index (χ2v) is 3.08. The zero-order valence-electron chi connectivity index (χ0n) is 6.27. The number of imidazole rings is 1. The first kappa shape index (κ1) is 7.45. The van der Waals surface area contributed by atoms with Crippen LogP contribution in [0.3, 0.4) is 0 Å². The van der Waals surface area contributed by atoms with Crippen LogP contribution in [0.1, 0.15) is 17.6 Å². The lowest BCUT2D eigenvalue weighted by atomic mass is 10.2. The van der Waals surface area contributed by atoms with Gasteiger partial charge < -0.3 is 10.7 Å². The van der Waals surface area contributed by atoms with Gasteiger partial charge in [0.15, 0.2) is 0 Å². The fourth-order valence-corrected chi connectivity index (χ4v) is 1.55. The van der Waals surface area contributed by atoms with Crippen molar-refractivity contribution in [1.29, 1.82) is 0 Å². The number of hydrogen-bond donors (Lipinski definition) is 2. The minimum absolute atomic E-state index is 0.230. The van der Waals surface area contributed by atoms with Crippen LogP contribution in [0.25, 0.3) is 0 Å². The molecular formula is C7H8N4S. The van der Waals surface area contributed by atoms with E-state index in [1.807, 2.05) is 5.38 Å². The fourth-order valence-electron chi connectivity index (χ4n) is 0.963. The van der Waals surface area contributed by atoms with Crippen molar-refractivity contribution in [3.05, 3.63) is 34.8 Å². The number of nitrogens with one attached hydrogen (secondary N) is 1. The van der Waals surface area contributed by atoms with Gasteiger partial charge in [0.25, 0.3) is 0 Å². The van der Waals surface area contributed by atoms with E-state index in [-0.39, 0.29) is 6.04 Å². The Morgan fingerprint density at radius 1 is 1.50 bits per heavy atom. The number of aromatic amines is 1. The molecule has 0 aliphatic carbocycles. The van der Waals surface area contributed by atoms with Crippen LogP contribution in [0.15, 0.2) is 23.3 Å². The predicted molar refractivity (Wildman–Crippen MR) is 46.7 cm³/mol. The minimum Gasteiger partial charge on any atom is -0.347 e. The summed E-state index contributed by atoms with van der Waals surface area (Å²) in [5, 5.41) is 1.92. The summed E-state index contributed by atoms with van der Waals surface area (Å²) >= 11 is 1.53. The van der Waals surface area contributed by atoms with Crippen LogP contribution < -0.4 is 5.73 Å². The number of H-pyrrole nitrogens is 1. The Bertz CT molecular complexity index is 292. The molecule has 0 radical (unpaired) electrons. The topological polar surface area (TPSA) is 67.6 Å².